The van der Waals surface area contributed by atoms with Crippen LogP contribution in [0.2, 0.25) is 0 Å². The molecule has 0 radical (unpaired) electrons. The smallest absolute Gasteiger partial charge is 0.251 e. The van der Waals surface area contributed by atoms with E-state index >= 15 is 0 Å². The zero-order chi connectivity index (χ0) is 13.9. The molecule has 1 aromatic rings. The van der Waals surface area contributed by atoms with Crippen molar-refractivity contribution in [3.05, 3.63) is 23.8 Å². The predicted molar refractivity (Wildman–Crippen MR) is 73.8 cm³/mol. The van der Waals surface area contributed by atoms with Gasteiger partial charge in [-0.3, -0.25) is 4.79 Å². The molecule has 5 nitrogen and oxygen atoms in total. The summed E-state index contributed by atoms with van der Waals surface area (Å²) in [7, 11) is 3.44. The lowest BCUT2D eigenvalue weighted by atomic mass is 10.0. The molecule has 0 aliphatic rings. The molecule has 0 aliphatic heterocycles. The van der Waals surface area contributed by atoms with E-state index in [2.05, 4.69) is 5.32 Å². The highest BCUT2D eigenvalue weighted by molar-refractivity contribution is 5.96. The molecule has 4 N–H and O–H groups in total. The van der Waals surface area contributed by atoms with Crippen molar-refractivity contribution in [2.45, 2.75) is 19.4 Å². The molecule has 0 saturated heterocycles. The SMILES string of the molecule is CNC(=O)c1ccc(N(C)C(C)(C)CO)c(N)c1. The highest BCUT2D eigenvalue weighted by Gasteiger charge is 2.24. The number of amides is 1. The first-order chi connectivity index (χ1) is 8.33. The van der Waals surface area contributed by atoms with Gasteiger partial charge in [-0.15, -0.1) is 0 Å². The van der Waals surface area contributed by atoms with Gasteiger partial charge in [0.15, 0.2) is 0 Å². The third-order valence-electron chi connectivity index (χ3n) is 3.17. The summed E-state index contributed by atoms with van der Waals surface area (Å²) >= 11 is 0. The summed E-state index contributed by atoms with van der Waals surface area (Å²) in [5, 5.41) is 11.9. The van der Waals surface area contributed by atoms with Crippen molar-refractivity contribution in [2.75, 3.05) is 31.3 Å². The molecule has 0 aliphatic carbocycles. The average molecular weight is 251 g/mol. The number of aliphatic hydroxyl groups is 1. The summed E-state index contributed by atoms with van der Waals surface area (Å²) in [6.45, 7) is 3.85. The van der Waals surface area contributed by atoms with Crippen molar-refractivity contribution in [3.63, 3.8) is 0 Å². The Morgan fingerprint density at radius 3 is 2.56 bits per heavy atom. The number of anilines is 2. The van der Waals surface area contributed by atoms with Gasteiger partial charge in [-0.05, 0) is 32.0 Å². The molecule has 0 fully saturated rings. The van der Waals surface area contributed by atoms with Crippen LogP contribution in [0.25, 0.3) is 0 Å². The fourth-order valence-corrected chi connectivity index (χ4v) is 1.58. The number of nitrogens with zero attached hydrogens (tertiary/aromatic N) is 1. The van der Waals surface area contributed by atoms with Crippen LogP contribution in [0, 0.1) is 0 Å². The van der Waals surface area contributed by atoms with Crippen molar-refractivity contribution < 1.29 is 9.90 Å². The maximum Gasteiger partial charge on any atom is 0.251 e. The molecule has 100 valence electrons. The highest BCUT2D eigenvalue weighted by Crippen LogP contribution is 2.28. The molecule has 0 aromatic heterocycles. The molecule has 0 spiro atoms. The third kappa shape index (κ3) is 2.73. The lowest BCUT2D eigenvalue weighted by molar-refractivity contribution is 0.0963. The topological polar surface area (TPSA) is 78.6 Å². The predicted octanol–water partition coefficient (Wildman–Crippen LogP) is 0.836. The largest absolute Gasteiger partial charge is 0.397 e. The first kappa shape index (κ1) is 14.3. The zero-order valence-electron chi connectivity index (χ0n) is 11.3. The van der Waals surface area contributed by atoms with E-state index in [-0.39, 0.29) is 12.5 Å². The quantitative estimate of drug-likeness (QED) is 0.693. The average Bonchev–Trinajstić information content (AvgIpc) is 2.36. The molecule has 5 heteroatoms. The van der Waals surface area contributed by atoms with Gasteiger partial charge in [0, 0.05) is 19.7 Å². The molecule has 0 bridgehead atoms. The van der Waals surface area contributed by atoms with E-state index in [1.807, 2.05) is 25.8 Å². The van der Waals surface area contributed by atoms with Crippen LogP contribution in [0.4, 0.5) is 11.4 Å². The number of nitrogen functional groups attached to an aromatic ring is 1. The summed E-state index contributed by atoms with van der Waals surface area (Å²) in [4.78, 5) is 13.4. The monoisotopic (exact) mass is 251 g/mol. The number of nitrogens with one attached hydrogen (secondary N) is 1. The first-order valence-electron chi connectivity index (χ1n) is 5.80. The van der Waals surface area contributed by atoms with Gasteiger partial charge < -0.3 is 21.1 Å². The number of carbonyl (C=O) groups excluding carboxylic acids is 1. The van der Waals surface area contributed by atoms with Gasteiger partial charge in [-0.1, -0.05) is 0 Å². The van der Waals surface area contributed by atoms with Gasteiger partial charge in [-0.2, -0.15) is 0 Å². The van der Waals surface area contributed by atoms with E-state index in [0.717, 1.165) is 5.69 Å². The van der Waals surface area contributed by atoms with E-state index in [9.17, 15) is 9.90 Å². The number of rotatable bonds is 4. The minimum Gasteiger partial charge on any atom is -0.397 e. The third-order valence-corrected chi connectivity index (χ3v) is 3.17. The normalized spacial score (nSPS) is 11.2. The molecule has 0 saturated carbocycles. The Hall–Kier alpha value is -1.75. The molecule has 1 amide bonds. The van der Waals surface area contributed by atoms with Crippen LogP contribution in [0.1, 0.15) is 24.2 Å². The Balaban J connectivity index is 3.10. The van der Waals surface area contributed by atoms with Gasteiger partial charge in [0.2, 0.25) is 0 Å². The summed E-state index contributed by atoms with van der Waals surface area (Å²) in [5.41, 5.74) is 7.38. The molecular weight excluding hydrogens is 230 g/mol. The van der Waals surface area contributed by atoms with Crippen molar-refractivity contribution >= 4 is 17.3 Å². The number of hydrogen-bond donors (Lipinski definition) is 3. The van der Waals surface area contributed by atoms with Crippen molar-refractivity contribution in [1.29, 1.82) is 0 Å². The number of nitrogens with two attached hydrogens (primary N) is 1. The number of benzene rings is 1. The minimum absolute atomic E-state index is 0.0140. The Bertz CT molecular complexity index is 444. The Morgan fingerprint density at radius 2 is 2.11 bits per heavy atom. The van der Waals surface area contributed by atoms with Crippen LogP contribution in [0.5, 0.6) is 0 Å². The van der Waals surface area contributed by atoms with Crippen LogP contribution in [0.15, 0.2) is 18.2 Å². The fraction of sp³-hybridized carbons (Fsp3) is 0.462. The molecule has 0 heterocycles. The molecule has 18 heavy (non-hydrogen) atoms. The van der Waals surface area contributed by atoms with Crippen molar-refractivity contribution in [1.82, 2.24) is 5.32 Å². The zero-order valence-corrected chi connectivity index (χ0v) is 11.3. The van der Waals surface area contributed by atoms with Crippen LogP contribution < -0.4 is 16.0 Å². The maximum atomic E-state index is 11.5. The molecule has 1 rings (SSSR count). The summed E-state index contributed by atoms with van der Waals surface area (Å²) in [6, 6.07) is 5.14. The summed E-state index contributed by atoms with van der Waals surface area (Å²) in [6.07, 6.45) is 0. The van der Waals surface area contributed by atoms with Gasteiger partial charge in [0.05, 0.1) is 23.5 Å². The standard InChI is InChI=1S/C13H21N3O2/c1-13(2,8-17)16(4)11-6-5-9(7-10(11)14)12(18)15-3/h5-7,17H,8,14H2,1-4H3,(H,15,18). The molecule has 0 unspecified atom stereocenters. The maximum absolute atomic E-state index is 11.5. The molecule has 1 aromatic carbocycles. The number of carbonyl (C=O) groups is 1. The van der Waals surface area contributed by atoms with E-state index in [1.54, 1.807) is 25.2 Å². The van der Waals surface area contributed by atoms with Gasteiger partial charge in [-0.25, -0.2) is 0 Å². The Labute approximate surface area is 108 Å². The minimum atomic E-state index is -0.414. The van der Waals surface area contributed by atoms with Gasteiger partial charge >= 0.3 is 0 Å². The molecule has 0 atom stereocenters. The highest BCUT2D eigenvalue weighted by atomic mass is 16.3. The second-order valence-corrected chi connectivity index (χ2v) is 4.88. The van der Waals surface area contributed by atoms with E-state index < -0.39 is 5.54 Å². The second kappa shape index (κ2) is 5.27. The van der Waals surface area contributed by atoms with E-state index in [1.165, 1.54) is 0 Å². The lowest BCUT2D eigenvalue weighted by Crippen LogP contribution is -2.44. The lowest BCUT2D eigenvalue weighted by Gasteiger charge is -2.36. The van der Waals surface area contributed by atoms with Gasteiger partial charge in [0.25, 0.3) is 5.91 Å². The van der Waals surface area contributed by atoms with Crippen molar-refractivity contribution in [3.8, 4) is 0 Å². The van der Waals surface area contributed by atoms with Crippen LogP contribution in [-0.2, 0) is 0 Å². The summed E-state index contributed by atoms with van der Waals surface area (Å²) < 4.78 is 0. The van der Waals surface area contributed by atoms with Crippen molar-refractivity contribution in [2.24, 2.45) is 0 Å². The van der Waals surface area contributed by atoms with E-state index in [0.29, 0.717) is 11.3 Å². The second-order valence-electron chi connectivity index (χ2n) is 4.88. The molecular formula is C13H21N3O2. The van der Waals surface area contributed by atoms with Crippen LogP contribution >= 0.6 is 0 Å². The van der Waals surface area contributed by atoms with Crippen LogP contribution in [-0.4, -0.2) is 37.3 Å². The summed E-state index contributed by atoms with van der Waals surface area (Å²) in [5.74, 6) is -0.169. The first-order valence-corrected chi connectivity index (χ1v) is 5.80. The Kier molecular flexibility index (Phi) is 4.19. The fourth-order valence-electron chi connectivity index (χ4n) is 1.58. The Morgan fingerprint density at radius 1 is 1.50 bits per heavy atom. The van der Waals surface area contributed by atoms with E-state index in [4.69, 9.17) is 5.73 Å². The number of likely N-dealkylation sites (N-methyl/N-ethyl adjacent to an activating group) is 1. The van der Waals surface area contributed by atoms with Crippen LogP contribution in [0.3, 0.4) is 0 Å². The van der Waals surface area contributed by atoms with Gasteiger partial charge in [0.1, 0.15) is 0 Å². The number of hydrogen-bond acceptors (Lipinski definition) is 4. The number of aliphatic hydroxyl groups excluding tert-OH is 1.